The van der Waals surface area contributed by atoms with E-state index in [9.17, 15) is 9.18 Å². The van der Waals surface area contributed by atoms with E-state index in [1.54, 1.807) is 30.2 Å². The van der Waals surface area contributed by atoms with E-state index in [0.717, 1.165) is 57.7 Å². The quantitative estimate of drug-likeness (QED) is 0.671. The van der Waals surface area contributed by atoms with Crippen molar-refractivity contribution in [2.24, 2.45) is 0 Å². The van der Waals surface area contributed by atoms with Crippen molar-refractivity contribution < 1.29 is 13.9 Å². The van der Waals surface area contributed by atoms with Gasteiger partial charge in [0.1, 0.15) is 11.6 Å². The number of amides is 2. The number of nitrogens with zero attached hydrogens (tertiary/aromatic N) is 5. The molecule has 2 aliphatic rings. The number of piperidine rings is 1. The normalized spacial score (nSPS) is 17.3. The highest BCUT2D eigenvalue weighted by Gasteiger charge is 2.22. The van der Waals surface area contributed by atoms with Crippen molar-refractivity contribution in [1.29, 1.82) is 0 Å². The highest BCUT2D eigenvalue weighted by Crippen LogP contribution is 2.27. The molecule has 5 rings (SSSR count). The van der Waals surface area contributed by atoms with Crippen LogP contribution in [0.15, 0.2) is 36.7 Å². The van der Waals surface area contributed by atoms with Gasteiger partial charge in [-0.2, -0.15) is 0 Å². The van der Waals surface area contributed by atoms with Gasteiger partial charge in [0.2, 0.25) is 5.78 Å². The van der Waals surface area contributed by atoms with E-state index in [1.807, 2.05) is 16.8 Å². The summed E-state index contributed by atoms with van der Waals surface area (Å²) < 4.78 is 22.0. The van der Waals surface area contributed by atoms with Crippen LogP contribution in [0, 0.1) is 5.82 Å². The van der Waals surface area contributed by atoms with E-state index >= 15 is 0 Å². The van der Waals surface area contributed by atoms with Gasteiger partial charge in [0.05, 0.1) is 18.0 Å². The van der Waals surface area contributed by atoms with Gasteiger partial charge in [0.25, 0.3) is 0 Å². The second-order valence-corrected chi connectivity index (χ2v) is 8.34. The first kappa shape index (κ1) is 20.7. The van der Waals surface area contributed by atoms with Crippen LogP contribution in [-0.4, -0.2) is 64.7 Å². The van der Waals surface area contributed by atoms with Gasteiger partial charge in [-0.15, -0.1) is 0 Å². The zero-order chi connectivity index (χ0) is 22.1. The van der Waals surface area contributed by atoms with Gasteiger partial charge >= 0.3 is 6.03 Å². The number of aromatic nitrogens is 3. The smallest absolute Gasteiger partial charge is 0.321 e. The van der Waals surface area contributed by atoms with Crippen LogP contribution in [0.3, 0.4) is 0 Å². The summed E-state index contributed by atoms with van der Waals surface area (Å²) in [5.41, 5.74) is 1.35. The highest BCUT2D eigenvalue weighted by molar-refractivity contribution is 5.90. The number of nitrogens with one attached hydrogen (secondary N) is 1. The lowest BCUT2D eigenvalue weighted by atomic mass is 10.1. The molecule has 0 radical (unpaired) electrons. The SMILES string of the molecule is COC1CCN(c2cnc3nc(-c4cc(NC(=O)N5CCCC5)ccc4F)ccn23)CC1. The summed E-state index contributed by atoms with van der Waals surface area (Å²) in [5, 5.41) is 2.87. The molecule has 1 aromatic carbocycles. The third-order valence-electron chi connectivity index (χ3n) is 6.35. The lowest BCUT2D eigenvalue weighted by Gasteiger charge is -2.32. The van der Waals surface area contributed by atoms with Crippen LogP contribution in [0.2, 0.25) is 0 Å². The van der Waals surface area contributed by atoms with Crippen LogP contribution in [0.4, 0.5) is 20.7 Å². The lowest BCUT2D eigenvalue weighted by molar-refractivity contribution is 0.0818. The van der Waals surface area contributed by atoms with E-state index in [-0.39, 0.29) is 6.03 Å². The fourth-order valence-corrected chi connectivity index (χ4v) is 4.48. The number of urea groups is 1. The van der Waals surface area contributed by atoms with Crippen molar-refractivity contribution in [2.45, 2.75) is 31.8 Å². The zero-order valence-electron chi connectivity index (χ0n) is 18.1. The minimum Gasteiger partial charge on any atom is -0.381 e. The molecule has 32 heavy (non-hydrogen) atoms. The van der Waals surface area contributed by atoms with Gasteiger partial charge in [0, 0.05) is 50.7 Å². The molecule has 0 saturated carbocycles. The first-order valence-electron chi connectivity index (χ1n) is 11.1. The Balaban J connectivity index is 1.38. The van der Waals surface area contributed by atoms with Crippen molar-refractivity contribution in [3.8, 4) is 11.3 Å². The molecular weight excluding hydrogens is 411 g/mol. The molecule has 0 atom stereocenters. The molecule has 8 nitrogen and oxygen atoms in total. The molecule has 1 N–H and O–H groups in total. The summed E-state index contributed by atoms with van der Waals surface area (Å²) in [6.45, 7) is 3.29. The number of rotatable bonds is 4. The molecule has 0 unspecified atom stereocenters. The second-order valence-electron chi connectivity index (χ2n) is 8.34. The molecule has 9 heteroatoms. The van der Waals surface area contributed by atoms with Crippen molar-refractivity contribution in [3.63, 3.8) is 0 Å². The Kier molecular flexibility index (Phi) is 5.65. The number of benzene rings is 1. The minimum atomic E-state index is -0.394. The highest BCUT2D eigenvalue weighted by atomic mass is 19.1. The predicted molar refractivity (Wildman–Crippen MR) is 120 cm³/mol. The summed E-state index contributed by atoms with van der Waals surface area (Å²) in [6, 6.07) is 6.19. The number of anilines is 2. The van der Waals surface area contributed by atoms with Gasteiger partial charge < -0.3 is 19.9 Å². The lowest BCUT2D eigenvalue weighted by Crippen LogP contribution is -2.37. The maximum absolute atomic E-state index is 14.6. The second kappa shape index (κ2) is 8.74. The number of carbonyl (C=O) groups excluding carboxylic acids is 1. The number of ether oxygens (including phenoxy) is 1. The first-order chi connectivity index (χ1) is 15.6. The number of likely N-dealkylation sites (tertiary alicyclic amines) is 1. The molecule has 0 bridgehead atoms. The van der Waals surface area contributed by atoms with E-state index in [1.165, 1.54) is 6.07 Å². The Labute approximate surface area is 186 Å². The Bertz CT molecular complexity index is 1120. The Morgan fingerprint density at radius 3 is 2.69 bits per heavy atom. The van der Waals surface area contributed by atoms with Crippen LogP contribution >= 0.6 is 0 Å². The van der Waals surface area contributed by atoms with Gasteiger partial charge in [-0.1, -0.05) is 0 Å². The van der Waals surface area contributed by atoms with Crippen molar-refractivity contribution >= 4 is 23.3 Å². The van der Waals surface area contributed by atoms with Gasteiger partial charge in [0.15, 0.2) is 0 Å². The molecule has 2 aromatic heterocycles. The zero-order valence-corrected chi connectivity index (χ0v) is 18.1. The number of hydrogen-bond acceptors (Lipinski definition) is 5. The number of carbonyl (C=O) groups is 1. The summed E-state index contributed by atoms with van der Waals surface area (Å²) in [6.07, 6.45) is 7.95. The van der Waals surface area contributed by atoms with Crippen LogP contribution < -0.4 is 10.2 Å². The van der Waals surface area contributed by atoms with E-state index in [4.69, 9.17) is 4.74 Å². The summed E-state index contributed by atoms with van der Waals surface area (Å²) >= 11 is 0. The number of halogens is 1. The molecule has 2 aliphatic heterocycles. The fourth-order valence-electron chi connectivity index (χ4n) is 4.48. The van der Waals surface area contributed by atoms with Crippen molar-refractivity contribution in [2.75, 3.05) is 43.5 Å². The Morgan fingerprint density at radius 2 is 1.94 bits per heavy atom. The van der Waals surface area contributed by atoms with Crippen molar-refractivity contribution in [1.82, 2.24) is 19.3 Å². The molecule has 168 valence electrons. The largest absolute Gasteiger partial charge is 0.381 e. The van der Waals surface area contributed by atoms with Crippen LogP contribution in [0.5, 0.6) is 0 Å². The summed E-state index contributed by atoms with van der Waals surface area (Å²) in [7, 11) is 1.76. The van der Waals surface area contributed by atoms with Gasteiger partial charge in [-0.3, -0.25) is 4.40 Å². The van der Waals surface area contributed by atoms with E-state index in [0.29, 0.717) is 28.8 Å². The Morgan fingerprint density at radius 1 is 1.16 bits per heavy atom. The topological polar surface area (TPSA) is 75.0 Å². The number of fused-ring (bicyclic) bond motifs is 1. The molecular formula is C23H27FN6O2. The molecule has 2 saturated heterocycles. The number of methoxy groups -OCH3 is 1. The van der Waals surface area contributed by atoms with Gasteiger partial charge in [-0.05, 0) is 49.9 Å². The molecule has 3 aromatic rings. The van der Waals surface area contributed by atoms with Crippen LogP contribution in [0.25, 0.3) is 17.0 Å². The summed E-state index contributed by atoms with van der Waals surface area (Å²) in [4.78, 5) is 25.5. The molecule has 2 fully saturated rings. The first-order valence-corrected chi connectivity index (χ1v) is 11.1. The molecule has 0 aliphatic carbocycles. The maximum Gasteiger partial charge on any atom is 0.321 e. The van der Waals surface area contributed by atoms with Gasteiger partial charge in [-0.25, -0.2) is 19.2 Å². The Hall–Kier alpha value is -3.20. The maximum atomic E-state index is 14.6. The predicted octanol–water partition coefficient (Wildman–Crippen LogP) is 3.78. The molecule has 0 spiro atoms. The third-order valence-corrected chi connectivity index (χ3v) is 6.35. The average molecular weight is 439 g/mol. The number of hydrogen-bond donors (Lipinski definition) is 1. The van der Waals surface area contributed by atoms with Crippen molar-refractivity contribution in [3.05, 3.63) is 42.5 Å². The fraction of sp³-hybridized carbons (Fsp3) is 0.435. The summed E-state index contributed by atoms with van der Waals surface area (Å²) in [5.74, 6) is 1.09. The van der Waals surface area contributed by atoms with Crippen LogP contribution in [0.1, 0.15) is 25.7 Å². The van der Waals surface area contributed by atoms with Crippen LogP contribution in [-0.2, 0) is 4.74 Å². The third kappa shape index (κ3) is 4.00. The monoisotopic (exact) mass is 438 g/mol. The van der Waals surface area contributed by atoms with E-state index < -0.39 is 5.82 Å². The molecule has 4 heterocycles. The average Bonchev–Trinajstić information content (AvgIpc) is 3.50. The van der Waals surface area contributed by atoms with E-state index in [2.05, 4.69) is 20.2 Å². The molecule has 2 amide bonds. The standard InChI is InChI=1S/C23H27FN6O2/c1-32-17-6-11-28(12-7-17)21-15-25-22-27-20(8-13-30(21)22)18-14-16(4-5-19(18)24)26-23(31)29-9-2-3-10-29/h4-5,8,13-15,17H,2-3,6-7,9-12H2,1H3,(H,26,31). The minimum absolute atomic E-state index is 0.154. The number of imidazole rings is 1.